The number of aryl methyl sites for hydroxylation is 1. The van der Waals surface area contributed by atoms with Gasteiger partial charge in [0, 0.05) is 37.1 Å². The molecule has 1 unspecified atom stereocenters. The van der Waals surface area contributed by atoms with Gasteiger partial charge in [-0.2, -0.15) is 17.9 Å². The highest BCUT2D eigenvalue weighted by Gasteiger charge is 2.42. The van der Waals surface area contributed by atoms with Gasteiger partial charge in [0.05, 0.1) is 16.6 Å². The fourth-order valence-corrected chi connectivity index (χ4v) is 6.07. The van der Waals surface area contributed by atoms with Crippen LogP contribution in [0, 0.1) is 5.92 Å². The van der Waals surface area contributed by atoms with Crippen molar-refractivity contribution in [2.24, 2.45) is 5.92 Å². The molecule has 10 nitrogen and oxygen atoms in total. The van der Waals surface area contributed by atoms with Gasteiger partial charge in [-0.05, 0) is 31.4 Å². The standard InChI is InChI=1S/C19H23Cl2F3N6O4S/c20-12-9-13(21)16(14(25)10-12)35(33,34)28-15(3-7-30-8-4-26-18(30)27-32)17(31)29-5-1-11(2-6-29)19(22,23)24/h4,8-11,15,28,32H,1-3,5-7,25H2,(H,26,27). The average molecular weight is 559 g/mol. The van der Waals surface area contributed by atoms with Crippen LogP contribution in [0.25, 0.3) is 0 Å². The Hall–Kier alpha value is -2.26. The number of benzene rings is 1. The minimum absolute atomic E-state index is 0.0324. The number of likely N-dealkylation sites (tertiary alicyclic amines) is 1. The second kappa shape index (κ2) is 10.8. The molecule has 0 aliphatic carbocycles. The fourth-order valence-electron chi connectivity index (χ4n) is 3.86. The van der Waals surface area contributed by atoms with Crippen LogP contribution < -0.4 is 15.9 Å². The zero-order chi connectivity index (χ0) is 26.0. The number of nitrogens with two attached hydrogens (primary N) is 1. The predicted molar refractivity (Wildman–Crippen MR) is 123 cm³/mol. The molecule has 35 heavy (non-hydrogen) atoms. The van der Waals surface area contributed by atoms with Crippen molar-refractivity contribution in [1.82, 2.24) is 19.2 Å². The summed E-state index contributed by atoms with van der Waals surface area (Å²) in [5.74, 6) is -2.18. The Labute approximate surface area is 209 Å². The first-order chi connectivity index (χ1) is 16.3. The Morgan fingerprint density at radius 1 is 1.29 bits per heavy atom. The number of hydrogen-bond donors (Lipinski definition) is 4. The van der Waals surface area contributed by atoms with E-state index in [-0.39, 0.29) is 60.6 Å². The molecular weight excluding hydrogens is 536 g/mol. The number of aromatic nitrogens is 2. The second-order valence-electron chi connectivity index (χ2n) is 7.97. The number of amides is 1. The third-order valence-corrected chi connectivity index (χ3v) is 7.86. The molecule has 0 saturated carbocycles. The van der Waals surface area contributed by atoms with Crippen molar-refractivity contribution in [2.45, 2.75) is 42.9 Å². The number of alkyl halides is 3. The Balaban J connectivity index is 1.85. The van der Waals surface area contributed by atoms with Gasteiger partial charge < -0.3 is 15.2 Å². The Morgan fingerprint density at radius 3 is 2.51 bits per heavy atom. The van der Waals surface area contributed by atoms with Crippen LogP contribution in [-0.2, 0) is 21.4 Å². The molecule has 5 N–H and O–H groups in total. The van der Waals surface area contributed by atoms with Gasteiger partial charge in [0.25, 0.3) is 0 Å². The van der Waals surface area contributed by atoms with E-state index in [1.807, 2.05) is 5.48 Å². The molecule has 1 fully saturated rings. The number of nitrogens with one attached hydrogen (secondary N) is 2. The summed E-state index contributed by atoms with van der Waals surface area (Å²) < 4.78 is 69.1. The van der Waals surface area contributed by atoms with Gasteiger partial charge in [0.15, 0.2) is 0 Å². The smallest absolute Gasteiger partial charge is 0.391 e. The Kier molecular flexibility index (Phi) is 8.42. The molecule has 0 spiro atoms. The van der Waals surface area contributed by atoms with Crippen LogP contribution in [0.1, 0.15) is 19.3 Å². The molecule has 0 bridgehead atoms. The van der Waals surface area contributed by atoms with Crippen LogP contribution in [-0.4, -0.2) is 59.3 Å². The molecule has 1 atom stereocenters. The number of piperidine rings is 1. The van der Waals surface area contributed by atoms with Gasteiger partial charge in [0.1, 0.15) is 10.9 Å². The van der Waals surface area contributed by atoms with E-state index in [0.717, 1.165) is 0 Å². The summed E-state index contributed by atoms with van der Waals surface area (Å²) in [6.45, 7) is -0.329. The molecule has 3 rings (SSSR count). The maximum absolute atomic E-state index is 13.2. The van der Waals surface area contributed by atoms with Crippen LogP contribution in [0.5, 0.6) is 0 Å². The molecule has 194 valence electrons. The summed E-state index contributed by atoms with van der Waals surface area (Å²) in [7, 11) is -4.44. The number of hydrogen-bond acceptors (Lipinski definition) is 7. The number of sulfonamides is 1. The minimum atomic E-state index is -4.44. The van der Waals surface area contributed by atoms with Crippen LogP contribution in [0.15, 0.2) is 29.4 Å². The molecule has 0 radical (unpaired) electrons. The fraction of sp³-hybridized carbons (Fsp3) is 0.474. The highest BCUT2D eigenvalue weighted by atomic mass is 35.5. The normalized spacial score (nSPS) is 16.3. The second-order valence-corrected chi connectivity index (χ2v) is 10.5. The average Bonchev–Trinajstić information content (AvgIpc) is 3.22. The third-order valence-electron chi connectivity index (χ3n) is 5.65. The van der Waals surface area contributed by atoms with E-state index >= 15 is 0 Å². The highest BCUT2D eigenvalue weighted by Crippen LogP contribution is 2.35. The van der Waals surface area contributed by atoms with Gasteiger partial charge in [-0.1, -0.05) is 23.2 Å². The Morgan fingerprint density at radius 2 is 1.94 bits per heavy atom. The number of imidazole rings is 1. The predicted octanol–water partition coefficient (Wildman–Crippen LogP) is 3.11. The van der Waals surface area contributed by atoms with E-state index in [1.165, 1.54) is 34.0 Å². The summed E-state index contributed by atoms with van der Waals surface area (Å²) in [5.41, 5.74) is 7.44. The molecule has 1 aromatic heterocycles. The van der Waals surface area contributed by atoms with Gasteiger partial charge in [-0.15, -0.1) is 0 Å². The number of carbonyl (C=O) groups is 1. The molecule has 2 heterocycles. The molecule has 1 amide bonds. The lowest BCUT2D eigenvalue weighted by atomic mass is 9.95. The molecule has 1 aliphatic rings. The van der Waals surface area contributed by atoms with Gasteiger partial charge in [-0.3, -0.25) is 10.0 Å². The van der Waals surface area contributed by atoms with Crippen LogP contribution in [0.4, 0.5) is 24.8 Å². The number of halogens is 5. The first-order valence-electron chi connectivity index (χ1n) is 10.4. The SMILES string of the molecule is Nc1cc(Cl)cc(Cl)c1S(=O)(=O)NC(CCn1ccnc1NO)C(=O)N1CCC(C(F)(F)F)CC1. The quantitative estimate of drug-likeness (QED) is 0.288. The topological polar surface area (TPSA) is 143 Å². The number of rotatable bonds is 8. The van der Waals surface area contributed by atoms with Crippen molar-refractivity contribution < 1.29 is 31.6 Å². The van der Waals surface area contributed by atoms with Crippen LogP contribution in [0.2, 0.25) is 10.0 Å². The maximum Gasteiger partial charge on any atom is 0.391 e. The first-order valence-corrected chi connectivity index (χ1v) is 12.6. The number of nitrogen functional groups attached to an aromatic ring is 1. The van der Waals surface area contributed by atoms with E-state index in [1.54, 1.807) is 0 Å². The van der Waals surface area contributed by atoms with Crippen molar-refractivity contribution >= 4 is 50.8 Å². The molecule has 16 heteroatoms. The summed E-state index contributed by atoms with van der Waals surface area (Å²) in [4.78, 5) is 17.8. The van der Waals surface area contributed by atoms with Gasteiger partial charge in [-0.25, -0.2) is 18.9 Å². The summed E-state index contributed by atoms with van der Waals surface area (Å²) in [5, 5.41) is 8.99. The van der Waals surface area contributed by atoms with Crippen molar-refractivity contribution in [2.75, 3.05) is 24.3 Å². The van der Waals surface area contributed by atoms with Crippen molar-refractivity contribution in [3.05, 3.63) is 34.6 Å². The van der Waals surface area contributed by atoms with E-state index < -0.39 is 39.0 Å². The highest BCUT2D eigenvalue weighted by molar-refractivity contribution is 7.89. The van der Waals surface area contributed by atoms with E-state index in [4.69, 9.17) is 34.1 Å². The largest absolute Gasteiger partial charge is 0.398 e. The van der Waals surface area contributed by atoms with Crippen molar-refractivity contribution in [1.29, 1.82) is 0 Å². The summed E-state index contributed by atoms with van der Waals surface area (Å²) in [6, 6.07) is 0.991. The Bertz CT molecular complexity index is 1150. The minimum Gasteiger partial charge on any atom is -0.398 e. The van der Waals surface area contributed by atoms with E-state index in [9.17, 15) is 26.4 Å². The maximum atomic E-state index is 13.2. The zero-order valence-electron chi connectivity index (χ0n) is 18.1. The first kappa shape index (κ1) is 27.3. The number of anilines is 2. The summed E-state index contributed by atoms with van der Waals surface area (Å²) in [6.07, 6.45) is -2.20. The molecule has 2 aromatic rings. The molecule has 1 aromatic carbocycles. The lowest BCUT2D eigenvalue weighted by Gasteiger charge is -2.35. The van der Waals surface area contributed by atoms with Gasteiger partial charge >= 0.3 is 6.18 Å². The lowest BCUT2D eigenvalue weighted by molar-refractivity contribution is -0.186. The molecular formula is C19H23Cl2F3N6O4S. The number of nitrogens with zero attached hydrogens (tertiary/aromatic N) is 3. The molecule has 1 saturated heterocycles. The monoisotopic (exact) mass is 558 g/mol. The molecule has 1 aliphatic heterocycles. The van der Waals surface area contributed by atoms with E-state index in [0.29, 0.717) is 0 Å². The number of carbonyl (C=O) groups excluding carboxylic acids is 1. The van der Waals surface area contributed by atoms with E-state index in [2.05, 4.69) is 9.71 Å². The van der Waals surface area contributed by atoms with Crippen molar-refractivity contribution in [3.8, 4) is 0 Å². The summed E-state index contributed by atoms with van der Waals surface area (Å²) >= 11 is 11.9. The van der Waals surface area contributed by atoms with Crippen LogP contribution >= 0.6 is 23.2 Å². The third kappa shape index (κ3) is 6.50. The van der Waals surface area contributed by atoms with Crippen molar-refractivity contribution in [3.63, 3.8) is 0 Å². The lowest BCUT2D eigenvalue weighted by Crippen LogP contribution is -2.52. The van der Waals surface area contributed by atoms with Crippen LogP contribution in [0.3, 0.4) is 0 Å². The van der Waals surface area contributed by atoms with Gasteiger partial charge in [0.2, 0.25) is 21.9 Å². The zero-order valence-corrected chi connectivity index (χ0v) is 20.4.